The average molecular weight is 316 g/mol. The van der Waals surface area contributed by atoms with E-state index >= 15 is 0 Å². The largest absolute Gasteiger partial charge is 0.480 e. The Morgan fingerprint density at radius 2 is 2.00 bits per heavy atom. The lowest BCUT2D eigenvalue weighted by molar-refractivity contribution is -0.138. The van der Waals surface area contributed by atoms with Crippen molar-refractivity contribution in [3.8, 4) is 0 Å². The van der Waals surface area contributed by atoms with E-state index in [1.165, 1.54) is 0 Å². The lowest BCUT2D eigenvalue weighted by Gasteiger charge is -2.15. The molecule has 1 amide bonds. The van der Waals surface area contributed by atoms with Crippen LogP contribution >= 0.6 is 0 Å². The van der Waals surface area contributed by atoms with Crippen molar-refractivity contribution in [2.45, 2.75) is 24.3 Å². The first-order valence-electron chi connectivity index (χ1n) is 6.40. The highest BCUT2D eigenvalue weighted by Gasteiger charge is 2.22. The third-order valence-corrected chi connectivity index (χ3v) is 4.45. The predicted molar refractivity (Wildman–Crippen MR) is 70.9 cm³/mol. The Morgan fingerprint density at radius 1 is 1.33 bits per heavy atom. The van der Waals surface area contributed by atoms with E-state index in [1.807, 2.05) is 0 Å². The van der Waals surface area contributed by atoms with Gasteiger partial charge < -0.3 is 10.0 Å². The van der Waals surface area contributed by atoms with Gasteiger partial charge in [0.1, 0.15) is 11.4 Å². The smallest absolute Gasteiger partial charge is 0.325 e. The summed E-state index contributed by atoms with van der Waals surface area (Å²) < 4.78 is 27.1. The topological polar surface area (TPSA) is 122 Å². The Labute approximate surface area is 121 Å². The van der Waals surface area contributed by atoms with Crippen molar-refractivity contribution in [3.05, 3.63) is 12.4 Å². The standard InChI is InChI=1S/C11H16N4O5S/c16-10(14-3-1-2-4-14)6-13-21(19,20)9-5-12-15(7-9)8-11(17)18/h5,7,13H,1-4,6,8H2,(H,17,18). The summed E-state index contributed by atoms with van der Waals surface area (Å²) in [6.07, 6.45) is 4.02. The summed E-state index contributed by atoms with van der Waals surface area (Å²) in [7, 11) is -3.87. The van der Waals surface area contributed by atoms with Crippen LogP contribution in [0.4, 0.5) is 0 Å². The van der Waals surface area contributed by atoms with Crippen molar-refractivity contribution < 1.29 is 23.1 Å². The van der Waals surface area contributed by atoms with E-state index in [0.29, 0.717) is 13.1 Å². The van der Waals surface area contributed by atoms with Crippen LogP contribution in [0.1, 0.15) is 12.8 Å². The maximum Gasteiger partial charge on any atom is 0.325 e. The molecule has 2 rings (SSSR count). The highest BCUT2D eigenvalue weighted by molar-refractivity contribution is 7.89. The fourth-order valence-corrected chi connectivity index (χ4v) is 2.95. The Morgan fingerprint density at radius 3 is 2.62 bits per heavy atom. The van der Waals surface area contributed by atoms with E-state index < -0.39 is 22.5 Å². The molecule has 0 spiro atoms. The number of nitrogens with one attached hydrogen (secondary N) is 1. The molecule has 1 aromatic rings. The molecule has 1 aliphatic rings. The van der Waals surface area contributed by atoms with Crippen LogP contribution in [0.15, 0.2) is 17.3 Å². The number of likely N-dealkylation sites (tertiary alicyclic amines) is 1. The number of rotatable bonds is 6. The van der Waals surface area contributed by atoms with Crippen LogP contribution in [0.2, 0.25) is 0 Å². The van der Waals surface area contributed by atoms with Gasteiger partial charge in [0.25, 0.3) is 0 Å². The molecule has 0 saturated carbocycles. The van der Waals surface area contributed by atoms with Gasteiger partial charge in [0.15, 0.2) is 0 Å². The number of aliphatic carboxylic acids is 1. The lowest BCUT2D eigenvalue weighted by Crippen LogP contribution is -2.38. The second-order valence-corrected chi connectivity index (χ2v) is 6.45. The van der Waals surface area contributed by atoms with Gasteiger partial charge in [-0.25, -0.2) is 13.1 Å². The Balaban J connectivity index is 1.96. The van der Waals surface area contributed by atoms with Crippen LogP contribution in [0.3, 0.4) is 0 Å². The average Bonchev–Trinajstić information content (AvgIpc) is 3.06. The fraction of sp³-hybridized carbons (Fsp3) is 0.545. The second kappa shape index (κ2) is 6.22. The third kappa shape index (κ3) is 4.02. The van der Waals surface area contributed by atoms with Crippen LogP contribution < -0.4 is 4.72 Å². The first-order chi connectivity index (χ1) is 9.88. The van der Waals surface area contributed by atoms with Gasteiger partial charge in [-0.2, -0.15) is 5.10 Å². The Hall–Kier alpha value is -1.94. The molecule has 1 saturated heterocycles. The summed E-state index contributed by atoms with van der Waals surface area (Å²) in [5.41, 5.74) is 0. The number of carboxylic acids is 1. The molecule has 0 aromatic carbocycles. The molecular weight excluding hydrogens is 300 g/mol. The first kappa shape index (κ1) is 15.4. The molecule has 2 heterocycles. The molecular formula is C11H16N4O5S. The number of carbonyl (C=O) groups is 2. The van der Waals surface area contributed by atoms with Crippen molar-refractivity contribution >= 4 is 21.9 Å². The summed E-state index contributed by atoms with van der Waals surface area (Å²) >= 11 is 0. The fourth-order valence-electron chi connectivity index (χ4n) is 2.03. The number of nitrogens with zero attached hydrogens (tertiary/aromatic N) is 3. The number of hydrogen-bond donors (Lipinski definition) is 2. The summed E-state index contributed by atoms with van der Waals surface area (Å²) in [4.78, 5) is 23.7. The number of amides is 1. The van der Waals surface area contributed by atoms with Crippen molar-refractivity contribution in [1.29, 1.82) is 0 Å². The highest BCUT2D eigenvalue weighted by Crippen LogP contribution is 2.09. The SMILES string of the molecule is O=C(O)Cn1cc(S(=O)(=O)NCC(=O)N2CCCC2)cn1. The van der Waals surface area contributed by atoms with Crippen LogP contribution in [-0.4, -0.2) is 59.7 Å². The van der Waals surface area contributed by atoms with E-state index in [2.05, 4.69) is 9.82 Å². The number of carbonyl (C=O) groups excluding carboxylic acids is 1. The molecule has 116 valence electrons. The van der Waals surface area contributed by atoms with E-state index in [1.54, 1.807) is 4.90 Å². The van der Waals surface area contributed by atoms with E-state index in [9.17, 15) is 18.0 Å². The molecule has 1 fully saturated rings. The molecule has 0 unspecified atom stereocenters. The Kier molecular flexibility index (Phi) is 4.58. The zero-order valence-corrected chi connectivity index (χ0v) is 12.0. The maximum atomic E-state index is 12.0. The summed E-state index contributed by atoms with van der Waals surface area (Å²) in [5, 5.41) is 12.2. The number of sulfonamides is 1. The van der Waals surface area contributed by atoms with Crippen molar-refractivity contribution in [2.24, 2.45) is 0 Å². The van der Waals surface area contributed by atoms with Gasteiger partial charge >= 0.3 is 5.97 Å². The van der Waals surface area contributed by atoms with Crippen molar-refractivity contribution in [2.75, 3.05) is 19.6 Å². The maximum absolute atomic E-state index is 12.0. The molecule has 0 radical (unpaired) electrons. The van der Waals surface area contributed by atoms with Gasteiger partial charge in [-0.1, -0.05) is 0 Å². The molecule has 10 heteroatoms. The van der Waals surface area contributed by atoms with Gasteiger partial charge in [-0.15, -0.1) is 0 Å². The summed E-state index contributed by atoms with van der Waals surface area (Å²) in [5.74, 6) is -1.40. The number of carboxylic acid groups (broad SMARTS) is 1. The third-order valence-electron chi connectivity index (χ3n) is 3.09. The summed E-state index contributed by atoms with van der Waals surface area (Å²) in [6.45, 7) is 0.558. The van der Waals surface area contributed by atoms with Crippen molar-refractivity contribution in [1.82, 2.24) is 19.4 Å². The van der Waals surface area contributed by atoms with Gasteiger partial charge in [-0.3, -0.25) is 14.3 Å². The van der Waals surface area contributed by atoms with E-state index in [0.717, 1.165) is 29.9 Å². The molecule has 0 aliphatic carbocycles. The molecule has 0 bridgehead atoms. The second-order valence-electron chi connectivity index (χ2n) is 4.68. The first-order valence-corrected chi connectivity index (χ1v) is 7.88. The lowest BCUT2D eigenvalue weighted by atomic mass is 10.4. The quantitative estimate of drug-likeness (QED) is 0.685. The summed E-state index contributed by atoms with van der Waals surface area (Å²) in [6, 6.07) is 0. The Bertz CT molecular complexity index is 633. The van der Waals surface area contributed by atoms with Crippen LogP contribution in [0, 0.1) is 0 Å². The van der Waals surface area contributed by atoms with Gasteiger partial charge in [0, 0.05) is 19.3 Å². The molecule has 1 aliphatic heterocycles. The number of hydrogen-bond acceptors (Lipinski definition) is 5. The minimum absolute atomic E-state index is 0.169. The zero-order valence-electron chi connectivity index (χ0n) is 11.2. The van der Waals surface area contributed by atoms with Crippen LogP contribution in [0.25, 0.3) is 0 Å². The monoisotopic (exact) mass is 316 g/mol. The minimum atomic E-state index is -3.87. The van der Waals surface area contributed by atoms with Gasteiger partial charge in [0.05, 0.1) is 12.7 Å². The van der Waals surface area contributed by atoms with Gasteiger partial charge in [0.2, 0.25) is 15.9 Å². The molecule has 1 aromatic heterocycles. The van der Waals surface area contributed by atoms with Crippen molar-refractivity contribution in [3.63, 3.8) is 0 Å². The van der Waals surface area contributed by atoms with Gasteiger partial charge in [-0.05, 0) is 12.8 Å². The minimum Gasteiger partial charge on any atom is -0.480 e. The van der Waals surface area contributed by atoms with E-state index in [-0.39, 0.29) is 17.3 Å². The molecule has 9 nitrogen and oxygen atoms in total. The highest BCUT2D eigenvalue weighted by atomic mass is 32.2. The normalized spacial score (nSPS) is 15.3. The number of aromatic nitrogens is 2. The van der Waals surface area contributed by atoms with E-state index in [4.69, 9.17) is 5.11 Å². The van der Waals surface area contributed by atoms with Crippen LogP contribution in [0.5, 0.6) is 0 Å². The molecule has 2 N–H and O–H groups in total. The predicted octanol–water partition coefficient (Wildman–Crippen LogP) is -1.13. The zero-order chi connectivity index (χ0) is 15.5. The molecule has 0 atom stereocenters. The molecule has 21 heavy (non-hydrogen) atoms. The van der Waals surface area contributed by atoms with Crippen LogP contribution in [-0.2, 0) is 26.2 Å².